The topological polar surface area (TPSA) is 113 Å². The molecule has 2 amide bonds. The molecule has 4 N–H and O–H groups in total. The number of aliphatic hydroxyl groups excluding tert-OH is 1. The molecular weight excluding hydrogens is 259 g/mol. The van der Waals surface area contributed by atoms with Gasteiger partial charge in [-0.3, -0.25) is 4.90 Å². The number of anilines is 1. The summed E-state index contributed by atoms with van der Waals surface area (Å²) in [4.78, 5) is 21.5. The molecule has 104 valence electrons. The number of rotatable bonds is 2. The number of hydrogen-bond acceptors (Lipinski definition) is 4. The standard InChI is InChI=1S/C10H10FNO3.CH3NO2/c11-7-1-3-8(4-2-7)12-5-9(6-13)15-10(12)14;2-1(3)4/h1-4,9,13H,5-6H2;2H2,(H,3,4). The van der Waals surface area contributed by atoms with Crippen LogP contribution in [-0.2, 0) is 4.74 Å². The maximum atomic E-state index is 12.6. The van der Waals surface area contributed by atoms with E-state index in [2.05, 4.69) is 5.73 Å². The zero-order valence-corrected chi connectivity index (χ0v) is 9.82. The Hall–Kier alpha value is -2.35. The normalized spacial score (nSPS) is 17.5. The van der Waals surface area contributed by atoms with E-state index in [9.17, 15) is 9.18 Å². The highest BCUT2D eigenvalue weighted by molar-refractivity contribution is 5.89. The molecular formula is C11H13FN2O5. The highest BCUT2D eigenvalue weighted by Gasteiger charge is 2.31. The predicted octanol–water partition coefficient (Wildman–Crippen LogP) is 0.766. The number of nitrogens with zero attached hydrogens (tertiary/aromatic N) is 1. The van der Waals surface area contributed by atoms with E-state index in [-0.39, 0.29) is 12.4 Å². The van der Waals surface area contributed by atoms with Crippen molar-refractivity contribution in [3.05, 3.63) is 30.1 Å². The number of amides is 2. The average molecular weight is 272 g/mol. The first-order chi connectivity index (χ1) is 8.93. The van der Waals surface area contributed by atoms with E-state index in [1.807, 2.05) is 0 Å². The molecule has 1 heterocycles. The molecule has 0 spiro atoms. The lowest BCUT2D eigenvalue weighted by Gasteiger charge is -2.12. The summed E-state index contributed by atoms with van der Waals surface area (Å²) in [5.41, 5.74) is 4.59. The molecule has 0 saturated carbocycles. The van der Waals surface area contributed by atoms with E-state index in [1.54, 1.807) is 0 Å². The van der Waals surface area contributed by atoms with Crippen LogP contribution in [0, 0.1) is 5.82 Å². The molecule has 1 saturated heterocycles. The van der Waals surface area contributed by atoms with Gasteiger partial charge < -0.3 is 20.7 Å². The minimum atomic E-state index is -1.33. The average Bonchev–Trinajstić information content (AvgIpc) is 2.71. The Kier molecular flexibility index (Phi) is 5.07. The SMILES string of the molecule is NC(=O)O.O=C1OC(CO)CN1c1ccc(F)cc1. The quantitative estimate of drug-likeness (QED) is 0.735. The lowest BCUT2D eigenvalue weighted by molar-refractivity contribution is 0.0963. The first-order valence-corrected chi connectivity index (χ1v) is 5.27. The van der Waals surface area contributed by atoms with Crippen LogP contribution in [0.1, 0.15) is 0 Å². The summed E-state index contributed by atoms with van der Waals surface area (Å²) in [6, 6.07) is 5.54. The van der Waals surface area contributed by atoms with Gasteiger partial charge in [0, 0.05) is 5.69 Å². The largest absolute Gasteiger partial charge is 0.465 e. The maximum absolute atomic E-state index is 12.6. The van der Waals surface area contributed by atoms with Gasteiger partial charge >= 0.3 is 12.2 Å². The minimum absolute atomic E-state index is 0.205. The Bertz CT molecular complexity index is 447. The molecule has 8 heteroatoms. The van der Waals surface area contributed by atoms with Crippen molar-refractivity contribution in [2.24, 2.45) is 5.73 Å². The fraction of sp³-hybridized carbons (Fsp3) is 0.273. The number of cyclic esters (lactones) is 1. The number of halogens is 1. The number of carbonyl (C=O) groups excluding carboxylic acids is 1. The molecule has 1 unspecified atom stereocenters. The molecule has 1 aliphatic rings. The van der Waals surface area contributed by atoms with Crippen LogP contribution in [0.25, 0.3) is 0 Å². The van der Waals surface area contributed by atoms with Crippen LogP contribution in [-0.4, -0.2) is 41.7 Å². The lowest BCUT2D eigenvalue weighted by Crippen LogP contribution is -2.25. The molecule has 1 aromatic carbocycles. The van der Waals surface area contributed by atoms with Crippen molar-refractivity contribution in [2.75, 3.05) is 18.1 Å². The third-order valence-electron chi connectivity index (χ3n) is 2.22. The van der Waals surface area contributed by atoms with Crippen LogP contribution >= 0.6 is 0 Å². The number of ether oxygens (including phenoxy) is 1. The maximum Gasteiger partial charge on any atom is 0.414 e. The van der Waals surface area contributed by atoms with Gasteiger partial charge in [0.1, 0.15) is 11.9 Å². The van der Waals surface area contributed by atoms with E-state index in [0.717, 1.165) is 0 Å². The van der Waals surface area contributed by atoms with Gasteiger partial charge in [-0.2, -0.15) is 0 Å². The summed E-state index contributed by atoms with van der Waals surface area (Å²) in [7, 11) is 0. The third kappa shape index (κ3) is 4.43. The number of benzene rings is 1. The summed E-state index contributed by atoms with van der Waals surface area (Å²) in [5, 5.41) is 16.0. The number of hydrogen-bond donors (Lipinski definition) is 3. The molecule has 0 bridgehead atoms. The smallest absolute Gasteiger partial charge is 0.414 e. The number of primary amides is 1. The summed E-state index contributed by atoms with van der Waals surface area (Å²) < 4.78 is 17.5. The van der Waals surface area contributed by atoms with Crippen LogP contribution < -0.4 is 10.6 Å². The van der Waals surface area contributed by atoms with Gasteiger partial charge in [0.2, 0.25) is 0 Å². The van der Waals surface area contributed by atoms with Gasteiger partial charge in [-0.25, -0.2) is 14.0 Å². The fourth-order valence-electron chi connectivity index (χ4n) is 1.45. The van der Waals surface area contributed by atoms with E-state index in [1.165, 1.54) is 29.2 Å². The first-order valence-electron chi connectivity index (χ1n) is 5.27. The molecule has 1 fully saturated rings. The van der Waals surface area contributed by atoms with Gasteiger partial charge in [0.25, 0.3) is 0 Å². The van der Waals surface area contributed by atoms with E-state index in [4.69, 9.17) is 19.7 Å². The molecule has 19 heavy (non-hydrogen) atoms. The van der Waals surface area contributed by atoms with Gasteiger partial charge in [0.15, 0.2) is 0 Å². The molecule has 0 aromatic heterocycles. The highest BCUT2D eigenvalue weighted by atomic mass is 19.1. The van der Waals surface area contributed by atoms with Crippen LogP contribution in [0.3, 0.4) is 0 Å². The van der Waals surface area contributed by atoms with Crippen molar-refractivity contribution in [2.45, 2.75) is 6.10 Å². The van der Waals surface area contributed by atoms with Gasteiger partial charge in [-0.15, -0.1) is 0 Å². The number of nitrogens with two attached hydrogens (primary N) is 1. The Morgan fingerprint density at radius 3 is 2.42 bits per heavy atom. The van der Waals surface area contributed by atoms with Crippen LogP contribution in [0.2, 0.25) is 0 Å². The van der Waals surface area contributed by atoms with E-state index >= 15 is 0 Å². The van der Waals surface area contributed by atoms with E-state index < -0.39 is 18.3 Å². The molecule has 7 nitrogen and oxygen atoms in total. The second-order valence-electron chi connectivity index (χ2n) is 3.61. The van der Waals surface area contributed by atoms with Crippen molar-refractivity contribution in [1.82, 2.24) is 0 Å². The Balaban J connectivity index is 0.000000399. The van der Waals surface area contributed by atoms with Crippen molar-refractivity contribution >= 4 is 17.9 Å². The molecule has 0 aliphatic carbocycles. The zero-order valence-electron chi connectivity index (χ0n) is 9.82. The Morgan fingerprint density at radius 2 is 2.00 bits per heavy atom. The van der Waals surface area contributed by atoms with Gasteiger partial charge in [-0.05, 0) is 24.3 Å². The summed E-state index contributed by atoms with van der Waals surface area (Å²) in [6.45, 7) is 0.0877. The monoisotopic (exact) mass is 272 g/mol. The minimum Gasteiger partial charge on any atom is -0.465 e. The molecule has 0 radical (unpaired) electrons. The summed E-state index contributed by atoms with van der Waals surface area (Å²) in [5.74, 6) is -0.356. The third-order valence-corrected chi connectivity index (χ3v) is 2.22. The molecule has 1 aliphatic heterocycles. The van der Waals surface area contributed by atoms with Crippen molar-refractivity contribution in [3.63, 3.8) is 0 Å². The Morgan fingerprint density at radius 1 is 1.47 bits per heavy atom. The molecule has 2 rings (SSSR count). The predicted molar refractivity (Wildman–Crippen MR) is 63.3 cm³/mol. The Labute approximate surface area is 108 Å². The van der Waals surface area contributed by atoms with E-state index in [0.29, 0.717) is 12.2 Å². The van der Waals surface area contributed by atoms with Crippen LogP contribution in [0.5, 0.6) is 0 Å². The molecule has 1 aromatic rings. The van der Waals surface area contributed by atoms with Crippen LogP contribution in [0.15, 0.2) is 24.3 Å². The van der Waals surface area contributed by atoms with Crippen molar-refractivity contribution in [1.29, 1.82) is 0 Å². The second kappa shape index (κ2) is 6.55. The zero-order chi connectivity index (χ0) is 14.4. The first kappa shape index (κ1) is 14.7. The number of aliphatic hydroxyl groups is 1. The summed E-state index contributed by atoms with van der Waals surface area (Å²) in [6.07, 6.45) is -2.34. The van der Waals surface area contributed by atoms with Crippen LogP contribution in [0.4, 0.5) is 19.7 Å². The number of carboxylic acid groups (broad SMARTS) is 1. The molecule has 1 atom stereocenters. The fourth-order valence-corrected chi connectivity index (χ4v) is 1.45. The lowest BCUT2D eigenvalue weighted by atomic mass is 10.3. The number of carbonyl (C=O) groups is 2. The highest BCUT2D eigenvalue weighted by Crippen LogP contribution is 2.21. The van der Waals surface area contributed by atoms with Gasteiger partial charge in [-0.1, -0.05) is 0 Å². The second-order valence-corrected chi connectivity index (χ2v) is 3.61. The van der Waals surface area contributed by atoms with Crippen molar-refractivity contribution in [3.8, 4) is 0 Å². The van der Waals surface area contributed by atoms with Gasteiger partial charge in [0.05, 0.1) is 13.2 Å². The van der Waals surface area contributed by atoms with Crippen molar-refractivity contribution < 1.29 is 28.9 Å². The summed E-state index contributed by atoms with van der Waals surface area (Å²) >= 11 is 0.